The van der Waals surface area contributed by atoms with E-state index in [1.54, 1.807) is 0 Å². The van der Waals surface area contributed by atoms with Gasteiger partial charge in [-0.3, -0.25) is 4.79 Å². The van der Waals surface area contributed by atoms with Gasteiger partial charge in [0, 0.05) is 17.7 Å². The Labute approximate surface area is 163 Å². The van der Waals surface area contributed by atoms with E-state index in [4.69, 9.17) is 5.10 Å². The molecule has 5 nitrogen and oxygen atoms in total. The van der Waals surface area contributed by atoms with Crippen molar-refractivity contribution < 1.29 is 4.79 Å². The van der Waals surface area contributed by atoms with Crippen molar-refractivity contribution in [3.8, 4) is 5.82 Å². The predicted octanol–water partition coefficient (Wildman–Crippen LogP) is 3.65. The Kier molecular flexibility index (Phi) is 3.17. The molecule has 0 unspecified atom stereocenters. The molecule has 2 atom stereocenters. The predicted molar refractivity (Wildman–Crippen MR) is 105 cm³/mol. The molecule has 1 amide bonds. The molecule has 0 radical (unpaired) electrons. The van der Waals surface area contributed by atoms with Gasteiger partial charge in [-0.1, -0.05) is 36.4 Å². The number of nitrogens with one attached hydrogen (secondary N) is 1. The number of hydrogen-bond acceptors (Lipinski definition) is 3. The maximum Gasteiger partial charge on any atom is 0.272 e. The number of rotatable bonds is 4. The zero-order valence-electron chi connectivity index (χ0n) is 15.9. The van der Waals surface area contributed by atoms with E-state index in [2.05, 4.69) is 22.4 Å². The summed E-state index contributed by atoms with van der Waals surface area (Å²) >= 11 is 0. The summed E-state index contributed by atoms with van der Waals surface area (Å²) in [5.74, 6) is 1.97. The monoisotopic (exact) mass is 370 g/mol. The van der Waals surface area contributed by atoms with Crippen molar-refractivity contribution >= 4 is 5.91 Å². The van der Waals surface area contributed by atoms with Crippen molar-refractivity contribution in [3.05, 3.63) is 76.7 Å². The first-order valence-electron chi connectivity index (χ1n) is 10.1. The number of aromatic nitrogens is 3. The number of benzene rings is 1. The molecule has 28 heavy (non-hydrogen) atoms. The average molecular weight is 370 g/mol. The molecule has 1 N–H and O–H groups in total. The summed E-state index contributed by atoms with van der Waals surface area (Å²) in [4.78, 5) is 17.8. The van der Waals surface area contributed by atoms with Gasteiger partial charge in [-0.2, -0.15) is 5.10 Å². The molecule has 3 aliphatic rings. The molecule has 0 saturated heterocycles. The maximum atomic E-state index is 13.2. The molecule has 0 aliphatic heterocycles. The van der Waals surface area contributed by atoms with Gasteiger partial charge in [0.15, 0.2) is 11.5 Å². The molecule has 6 rings (SSSR count). The van der Waals surface area contributed by atoms with Gasteiger partial charge in [-0.05, 0) is 55.7 Å². The molecule has 140 valence electrons. The summed E-state index contributed by atoms with van der Waals surface area (Å²) in [6, 6.07) is 14.3. The Morgan fingerprint density at radius 3 is 2.71 bits per heavy atom. The molecule has 2 fully saturated rings. The third-order valence-electron chi connectivity index (χ3n) is 6.52. The van der Waals surface area contributed by atoms with Gasteiger partial charge in [0.1, 0.15) is 0 Å². The van der Waals surface area contributed by atoms with Gasteiger partial charge in [0.05, 0.1) is 11.2 Å². The normalized spacial score (nSPS) is 23.0. The molecule has 1 aromatic carbocycles. The fraction of sp³-hybridized carbons (Fsp3) is 0.348. The third-order valence-corrected chi connectivity index (χ3v) is 6.52. The van der Waals surface area contributed by atoms with Crippen molar-refractivity contribution in [1.29, 1.82) is 0 Å². The number of pyridine rings is 1. The number of nitrogens with zero attached hydrogens (tertiary/aromatic N) is 3. The number of carbonyl (C=O) groups is 1. The van der Waals surface area contributed by atoms with Gasteiger partial charge in [-0.15, -0.1) is 0 Å². The van der Waals surface area contributed by atoms with Crippen LogP contribution in [-0.2, 0) is 12.0 Å². The Balaban J connectivity index is 1.37. The standard InChI is InChI=1S/C23H22N4O/c1-14-7-8-19(24-13-14)27-21-17-11-15(17)12-18(21)20(26-27)22(28)25-23(9-10-23)16-5-3-2-4-6-16/h2-8,13,15,17H,9-12H2,1H3,(H,25,28)/t15-,17-/m1/s1. The maximum absolute atomic E-state index is 13.2. The lowest BCUT2D eigenvalue weighted by Crippen LogP contribution is -2.35. The molecule has 2 heterocycles. The van der Waals surface area contributed by atoms with Crippen LogP contribution in [0, 0.1) is 12.8 Å². The molecule has 0 spiro atoms. The molecule has 2 saturated carbocycles. The van der Waals surface area contributed by atoms with Crippen molar-refractivity contribution in [2.75, 3.05) is 0 Å². The lowest BCUT2D eigenvalue weighted by atomic mass is 10.0. The summed E-state index contributed by atoms with van der Waals surface area (Å²) in [6.07, 6.45) is 6.00. The van der Waals surface area contributed by atoms with E-state index in [1.807, 2.05) is 48.1 Å². The highest BCUT2D eigenvalue weighted by Crippen LogP contribution is 2.57. The second-order valence-electron chi connectivity index (χ2n) is 8.53. The van der Waals surface area contributed by atoms with Crippen LogP contribution in [0.15, 0.2) is 48.7 Å². The first-order chi connectivity index (χ1) is 13.6. The van der Waals surface area contributed by atoms with Crippen LogP contribution in [0.25, 0.3) is 5.82 Å². The van der Waals surface area contributed by atoms with Gasteiger partial charge < -0.3 is 5.32 Å². The topological polar surface area (TPSA) is 59.8 Å². The molecule has 0 bridgehead atoms. The summed E-state index contributed by atoms with van der Waals surface area (Å²) in [6.45, 7) is 2.03. The molecular weight excluding hydrogens is 348 g/mol. The Morgan fingerprint density at radius 2 is 2.00 bits per heavy atom. The third kappa shape index (κ3) is 2.35. The fourth-order valence-electron chi connectivity index (χ4n) is 4.70. The minimum atomic E-state index is -0.224. The van der Waals surface area contributed by atoms with Crippen LogP contribution in [0.1, 0.15) is 58.1 Å². The summed E-state index contributed by atoms with van der Waals surface area (Å²) in [7, 11) is 0. The summed E-state index contributed by atoms with van der Waals surface area (Å²) in [5, 5.41) is 8.05. The first kappa shape index (κ1) is 16.0. The summed E-state index contributed by atoms with van der Waals surface area (Å²) < 4.78 is 1.92. The zero-order valence-corrected chi connectivity index (χ0v) is 15.9. The van der Waals surface area contributed by atoms with Crippen LogP contribution in [0.5, 0.6) is 0 Å². The van der Waals surface area contributed by atoms with Crippen LogP contribution in [0.2, 0.25) is 0 Å². The minimum absolute atomic E-state index is 0.0511. The number of aryl methyl sites for hydroxylation is 1. The van der Waals surface area contributed by atoms with Crippen LogP contribution in [0.4, 0.5) is 0 Å². The van der Waals surface area contributed by atoms with E-state index < -0.39 is 0 Å². The van der Waals surface area contributed by atoms with E-state index >= 15 is 0 Å². The Bertz CT molecular complexity index is 1080. The molecule has 3 aliphatic carbocycles. The molecule has 2 aromatic heterocycles. The van der Waals surface area contributed by atoms with Crippen LogP contribution >= 0.6 is 0 Å². The Hall–Kier alpha value is -2.95. The van der Waals surface area contributed by atoms with Gasteiger partial charge in [-0.25, -0.2) is 9.67 Å². The van der Waals surface area contributed by atoms with Crippen molar-refractivity contribution in [2.24, 2.45) is 5.92 Å². The SMILES string of the molecule is Cc1ccc(-n2nc(C(=O)NC3(c4ccccc4)CC3)c3c2[C@@H]2C[C@@H]2C3)nc1. The first-order valence-corrected chi connectivity index (χ1v) is 10.1. The number of amides is 1. The lowest BCUT2D eigenvalue weighted by Gasteiger charge is -2.17. The largest absolute Gasteiger partial charge is 0.341 e. The van der Waals surface area contributed by atoms with Crippen molar-refractivity contribution in [3.63, 3.8) is 0 Å². The van der Waals surface area contributed by atoms with Gasteiger partial charge in [0.25, 0.3) is 5.91 Å². The molecule has 5 heteroatoms. The highest BCUT2D eigenvalue weighted by molar-refractivity contribution is 5.95. The minimum Gasteiger partial charge on any atom is -0.341 e. The highest BCUT2D eigenvalue weighted by atomic mass is 16.2. The average Bonchev–Trinajstić information content (AvgIpc) is 3.59. The number of fused-ring (bicyclic) bond motifs is 3. The number of hydrogen-bond donors (Lipinski definition) is 1. The van der Waals surface area contributed by atoms with Crippen LogP contribution < -0.4 is 5.32 Å². The van der Waals surface area contributed by atoms with Crippen LogP contribution in [-0.4, -0.2) is 20.7 Å². The second-order valence-corrected chi connectivity index (χ2v) is 8.53. The van der Waals surface area contributed by atoms with Gasteiger partial charge >= 0.3 is 0 Å². The zero-order chi connectivity index (χ0) is 18.9. The highest BCUT2D eigenvalue weighted by Gasteiger charge is 2.51. The van der Waals surface area contributed by atoms with E-state index in [9.17, 15) is 4.79 Å². The second kappa shape index (κ2) is 5.53. The molecular formula is C23H22N4O. The quantitative estimate of drug-likeness (QED) is 0.763. The van der Waals surface area contributed by atoms with E-state index in [0.717, 1.165) is 36.2 Å². The van der Waals surface area contributed by atoms with Crippen molar-refractivity contribution in [1.82, 2.24) is 20.1 Å². The van der Waals surface area contributed by atoms with E-state index in [-0.39, 0.29) is 11.4 Å². The number of carbonyl (C=O) groups excluding carboxylic acids is 1. The lowest BCUT2D eigenvalue weighted by molar-refractivity contribution is 0.0924. The fourth-order valence-corrected chi connectivity index (χ4v) is 4.70. The summed E-state index contributed by atoms with van der Waals surface area (Å²) in [5.41, 5.74) is 5.00. The van der Waals surface area contributed by atoms with Gasteiger partial charge in [0.2, 0.25) is 0 Å². The van der Waals surface area contributed by atoms with Crippen molar-refractivity contribution in [2.45, 2.75) is 44.1 Å². The smallest absolute Gasteiger partial charge is 0.272 e. The Morgan fingerprint density at radius 1 is 1.18 bits per heavy atom. The van der Waals surface area contributed by atoms with Crippen LogP contribution in [0.3, 0.4) is 0 Å². The van der Waals surface area contributed by atoms with E-state index in [1.165, 1.54) is 17.7 Å². The molecule has 3 aromatic rings. The van der Waals surface area contributed by atoms with E-state index in [0.29, 0.717) is 17.5 Å².